The molecular formula is C12H15F5N2. The molecule has 0 fully saturated rings. The van der Waals surface area contributed by atoms with E-state index in [0.29, 0.717) is 19.5 Å². The molecule has 2 N–H and O–H groups in total. The average Bonchev–Trinajstić information content (AvgIpc) is 2.41. The number of nitrogens with one attached hydrogen (secondary N) is 2. The molecule has 0 atom stereocenters. The molecule has 0 aliphatic rings. The van der Waals surface area contributed by atoms with E-state index in [0.717, 1.165) is 6.54 Å². The van der Waals surface area contributed by atoms with E-state index >= 15 is 0 Å². The van der Waals surface area contributed by atoms with Crippen molar-refractivity contribution < 1.29 is 22.0 Å². The van der Waals surface area contributed by atoms with Gasteiger partial charge < -0.3 is 10.6 Å². The highest BCUT2D eigenvalue weighted by Crippen LogP contribution is 2.22. The van der Waals surface area contributed by atoms with Gasteiger partial charge >= 0.3 is 0 Å². The molecule has 0 bridgehead atoms. The lowest BCUT2D eigenvalue weighted by molar-refractivity contribution is 0.367. The molecule has 0 unspecified atom stereocenters. The molecule has 1 aromatic carbocycles. The van der Waals surface area contributed by atoms with E-state index in [1.54, 1.807) is 0 Å². The highest BCUT2D eigenvalue weighted by atomic mass is 19.2. The highest BCUT2D eigenvalue weighted by molar-refractivity contribution is 5.23. The smallest absolute Gasteiger partial charge is 0.200 e. The van der Waals surface area contributed by atoms with E-state index in [4.69, 9.17) is 0 Å². The summed E-state index contributed by atoms with van der Waals surface area (Å²) in [6, 6.07) is 0. The fraction of sp³-hybridized carbons (Fsp3) is 0.500. The van der Waals surface area contributed by atoms with Crippen LogP contribution in [0.25, 0.3) is 0 Å². The van der Waals surface area contributed by atoms with Crippen molar-refractivity contribution in [3.8, 4) is 0 Å². The number of rotatable bonds is 7. The zero-order valence-electron chi connectivity index (χ0n) is 10.4. The van der Waals surface area contributed by atoms with Crippen LogP contribution in [0, 0.1) is 29.1 Å². The molecule has 1 aromatic rings. The van der Waals surface area contributed by atoms with Gasteiger partial charge in [-0.15, -0.1) is 0 Å². The Bertz CT molecular complexity index is 408. The Balaban J connectivity index is 2.64. The van der Waals surface area contributed by atoms with Crippen molar-refractivity contribution in [2.75, 3.05) is 19.6 Å². The molecule has 0 saturated carbocycles. The molecule has 0 aliphatic heterocycles. The third-order valence-electron chi connectivity index (χ3n) is 2.56. The third-order valence-corrected chi connectivity index (χ3v) is 2.56. The van der Waals surface area contributed by atoms with Gasteiger partial charge in [-0.2, -0.15) is 0 Å². The van der Waals surface area contributed by atoms with Gasteiger partial charge in [0.2, 0.25) is 5.82 Å². The van der Waals surface area contributed by atoms with Gasteiger partial charge in [0, 0.05) is 12.1 Å². The van der Waals surface area contributed by atoms with Crippen molar-refractivity contribution in [2.24, 2.45) is 0 Å². The molecule has 0 saturated heterocycles. The van der Waals surface area contributed by atoms with Gasteiger partial charge in [0.05, 0.1) is 0 Å². The molecule has 19 heavy (non-hydrogen) atoms. The molecule has 2 nitrogen and oxygen atoms in total. The van der Waals surface area contributed by atoms with Crippen molar-refractivity contribution in [2.45, 2.75) is 19.9 Å². The van der Waals surface area contributed by atoms with Crippen LogP contribution in [-0.2, 0) is 6.54 Å². The maximum absolute atomic E-state index is 13.3. The second-order valence-corrected chi connectivity index (χ2v) is 3.93. The Morgan fingerprint density at radius 1 is 0.737 bits per heavy atom. The van der Waals surface area contributed by atoms with Crippen LogP contribution in [-0.4, -0.2) is 19.6 Å². The molecule has 0 aromatic heterocycles. The first kappa shape index (κ1) is 15.8. The molecule has 0 spiro atoms. The quantitative estimate of drug-likeness (QED) is 0.347. The van der Waals surface area contributed by atoms with E-state index < -0.39 is 41.2 Å². The SMILES string of the molecule is CCNCCCNCc1c(F)c(F)c(F)c(F)c1F. The van der Waals surface area contributed by atoms with E-state index in [9.17, 15) is 22.0 Å². The first-order valence-corrected chi connectivity index (χ1v) is 5.92. The van der Waals surface area contributed by atoms with E-state index in [-0.39, 0.29) is 0 Å². The van der Waals surface area contributed by atoms with Crippen molar-refractivity contribution in [3.63, 3.8) is 0 Å². The summed E-state index contributed by atoms with van der Waals surface area (Å²) in [5, 5.41) is 5.68. The van der Waals surface area contributed by atoms with Crippen molar-refractivity contribution >= 4 is 0 Å². The van der Waals surface area contributed by atoms with E-state index in [1.807, 2.05) is 6.92 Å². The molecule has 0 amide bonds. The predicted octanol–water partition coefficient (Wildman–Crippen LogP) is 2.47. The number of benzene rings is 1. The van der Waals surface area contributed by atoms with Gasteiger partial charge in [0.25, 0.3) is 0 Å². The topological polar surface area (TPSA) is 24.1 Å². The van der Waals surface area contributed by atoms with Crippen molar-refractivity contribution in [1.82, 2.24) is 10.6 Å². The van der Waals surface area contributed by atoms with Gasteiger partial charge in [0.1, 0.15) is 0 Å². The first-order chi connectivity index (χ1) is 9.00. The predicted molar refractivity (Wildman–Crippen MR) is 61.1 cm³/mol. The van der Waals surface area contributed by atoms with Crippen LogP contribution in [0.15, 0.2) is 0 Å². The molecule has 0 aliphatic carbocycles. The number of hydrogen-bond acceptors (Lipinski definition) is 2. The van der Waals surface area contributed by atoms with Crippen LogP contribution in [0.4, 0.5) is 22.0 Å². The minimum Gasteiger partial charge on any atom is -0.317 e. The monoisotopic (exact) mass is 282 g/mol. The fourth-order valence-corrected chi connectivity index (χ4v) is 1.53. The maximum atomic E-state index is 13.3. The molecule has 108 valence electrons. The van der Waals surface area contributed by atoms with E-state index in [2.05, 4.69) is 10.6 Å². The lowest BCUT2D eigenvalue weighted by Gasteiger charge is -2.09. The fourth-order valence-electron chi connectivity index (χ4n) is 1.53. The van der Waals surface area contributed by atoms with Gasteiger partial charge in [0.15, 0.2) is 23.3 Å². The van der Waals surface area contributed by atoms with Crippen LogP contribution in [0.2, 0.25) is 0 Å². The largest absolute Gasteiger partial charge is 0.317 e. The Kier molecular flexibility index (Phi) is 6.17. The van der Waals surface area contributed by atoms with Crippen LogP contribution < -0.4 is 10.6 Å². The van der Waals surface area contributed by atoms with Crippen molar-refractivity contribution in [3.05, 3.63) is 34.6 Å². The molecule has 7 heteroatoms. The zero-order valence-corrected chi connectivity index (χ0v) is 10.4. The van der Waals surface area contributed by atoms with Crippen molar-refractivity contribution in [1.29, 1.82) is 0 Å². The van der Waals surface area contributed by atoms with Crippen LogP contribution in [0.5, 0.6) is 0 Å². The summed E-state index contributed by atoms with van der Waals surface area (Å²) in [6.45, 7) is 3.45. The van der Waals surface area contributed by atoms with Gasteiger partial charge in [-0.05, 0) is 26.1 Å². The summed E-state index contributed by atoms with van der Waals surface area (Å²) in [4.78, 5) is 0. The number of hydrogen-bond donors (Lipinski definition) is 2. The minimum absolute atomic E-state index is 0.405. The molecule has 0 radical (unpaired) electrons. The normalized spacial score (nSPS) is 11.1. The summed E-state index contributed by atoms with van der Waals surface area (Å²) in [6.07, 6.45) is 0.684. The molecule has 0 heterocycles. The number of halogens is 5. The summed E-state index contributed by atoms with van der Waals surface area (Å²) in [5.74, 6) is -9.52. The van der Waals surface area contributed by atoms with E-state index in [1.165, 1.54) is 0 Å². The Labute approximate surface area is 108 Å². The van der Waals surface area contributed by atoms with Gasteiger partial charge in [-0.3, -0.25) is 0 Å². The lowest BCUT2D eigenvalue weighted by atomic mass is 10.1. The van der Waals surface area contributed by atoms with Crippen LogP contribution in [0.1, 0.15) is 18.9 Å². The van der Waals surface area contributed by atoms with Crippen LogP contribution >= 0.6 is 0 Å². The van der Waals surface area contributed by atoms with Gasteiger partial charge in [-0.1, -0.05) is 6.92 Å². The maximum Gasteiger partial charge on any atom is 0.200 e. The molecule has 1 rings (SSSR count). The lowest BCUT2D eigenvalue weighted by Crippen LogP contribution is -2.23. The Morgan fingerprint density at radius 3 is 1.74 bits per heavy atom. The second kappa shape index (κ2) is 7.40. The highest BCUT2D eigenvalue weighted by Gasteiger charge is 2.24. The summed E-state index contributed by atoms with van der Waals surface area (Å²) in [5.41, 5.74) is -0.833. The zero-order chi connectivity index (χ0) is 14.4. The van der Waals surface area contributed by atoms with Gasteiger partial charge in [-0.25, -0.2) is 22.0 Å². The van der Waals surface area contributed by atoms with Crippen LogP contribution in [0.3, 0.4) is 0 Å². The first-order valence-electron chi connectivity index (χ1n) is 5.92. The average molecular weight is 282 g/mol. The summed E-state index contributed by atoms with van der Waals surface area (Å²) < 4.78 is 65.0. The second-order valence-electron chi connectivity index (χ2n) is 3.93. The summed E-state index contributed by atoms with van der Waals surface area (Å²) >= 11 is 0. The standard InChI is InChI=1S/C12H15F5N2/c1-2-18-4-3-5-19-6-7-8(13)10(15)12(17)11(16)9(7)14/h18-19H,2-6H2,1H3. The Hall–Kier alpha value is -1.21. The third kappa shape index (κ3) is 3.87. The Morgan fingerprint density at radius 2 is 1.21 bits per heavy atom. The minimum atomic E-state index is -2.13. The summed E-state index contributed by atoms with van der Waals surface area (Å²) in [7, 11) is 0. The molecular weight excluding hydrogens is 267 g/mol.